The van der Waals surface area contributed by atoms with Crippen LogP contribution in [0.15, 0.2) is 23.3 Å². The van der Waals surface area contributed by atoms with Crippen LogP contribution in [0.25, 0.3) is 0 Å². The van der Waals surface area contributed by atoms with Crippen molar-refractivity contribution in [3.63, 3.8) is 0 Å². The highest BCUT2D eigenvalue weighted by atomic mass is 16.5. The zero-order chi connectivity index (χ0) is 12.8. The topological polar surface area (TPSA) is 114 Å². The van der Waals surface area contributed by atoms with Gasteiger partial charge in [0.2, 0.25) is 0 Å². The molecular weight excluding hydrogens is 226 g/mol. The van der Waals surface area contributed by atoms with Gasteiger partial charge in [-0.05, 0) is 18.2 Å². The van der Waals surface area contributed by atoms with Crippen LogP contribution in [0, 0.1) is 0 Å². The van der Waals surface area contributed by atoms with E-state index in [1.165, 1.54) is 25.5 Å². The van der Waals surface area contributed by atoms with Gasteiger partial charge in [-0.1, -0.05) is 0 Å². The third-order valence-electron chi connectivity index (χ3n) is 1.83. The van der Waals surface area contributed by atoms with Gasteiger partial charge in [0.25, 0.3) is 0 Å². The Hall–Kier alpha value is -2.57. The summed E-state index contributed by atoms with van der Waals surface area (Å²) in [5.74, 6) is -1.70. The number of carbonyl (C=O) groups excluding carboxylic acids is 2. The van der Waals surface area contributed by atoms with Gasteiger partial charge >= 0.3 is 11.8 Å². The molecule has 90 valence electrons. The van der Waals surface area contributed by atoms with E-state index in [1.54, 1.807) is 6.07 Å². The summed E-state index contributed by atoms with van der Waals surface area (Å²) < 4.78 is 4.94. The Labute approximate surface area is 96.9 Å². The van der Waals surface area contributed by atoms with Crippen LogP contribution < -0.4 is 15.9 Å². The molecule has 0 saturated heterocycles. The second-order valence-electron chi connectivity index (χ2n) is 2.99. The van der Waals surface area contributed by atoms with Gasteiger partial charge < -0.3 is 15.6 Å². The number of phenolic OH excluding ortho intramolecular Hbond substituents is 1. The molecule has 0 fully saturated rings. The molecule has 1 aromatic rings. The molecule has 0 unspecified atom stereocenters. The molecule has 7 nitrogen and oxygen atoms in total. The number of nitrogens with zero attached hydrogens (tertiary/aromatic N) is 1. The number of aromatic hydroxyl groups is 1. The Kier molecular flexibility index (Phi) is 4.04. The van der Waals surface area contributed by atoms with E-state index in [0.717, 1.165) is 0 Å². The highest BCUT2D eigenvalue weighted by molar-refractivity contribution is 6.34. The molecular formula is C10H11N3O4. The van der Waals surface area contributed by atoms with E-state index in [1.807, 2.05) is 5.43 Å². The van der Waals surface area contributed by atoms with Gasteiger partial charge in [-0.2, -0.15) is 5.10 Å². The predicted octanol–water partition coefficient (Wildman–Crippen LogP) is -0.664. The van der Waals surface area contributed by atoms with Crippen molar-refractivity contribution in [3.05, 3.63) is 23.8 Å². The summed E-state index contributed by atoms with van der Waals surface area (Å²) in [6.45, 7) is 0. The number of hydrogen-bond donors (Lipinski definition) is 3. The lowest BCUT2D eigenvalue weighted by Crippen LogP contribution is -2.32. The largest absolute Gasteiger partial charge is 0.507 e. The van der Waals surface area contributed by atoms with Crippen LogP contribution in [-0.4, -0.2) is 30.2 Å². The van der Waals surface area contributed by atoms with Crippen LogP contribution in [-0.2, 0) is 9.59 Å². The number of amides is 2. The molecule has 7 heteroatoms. The maximum atomic E-state index is 10.8. The number of hydrazone groups is 1. The lowest BCUT2D eigenvalue weighted by atomic mass is 10.2. The number of ether oxygens (including phenoxy) is 1. The SMILES string of the molecule is COc1ccc(O)c(/C=N/NC(=O)C(N)=O)c1. The van der Waals surface area contributed by atoms with Crippen molar-refractivity contribution < 1.29 is 19.4 Å². The molecule has 0 spiro atoms. The maximum Gasteiger partial charge on any atom is 0.329 e. The maximum absolute atomic E-state index is 10.8. The zero-order valence-electron chi connectivity index (χ0n) is 9.01. The third-order valence-corrected chi connectivity index (χ3v) is 1.83. The van der Waals surface area contributed by atoms with Crippen molar-refractivity contribution in [1.29, 1.82) is 0 Å². The monoisotopic (exact) mass is 237 g/mol. The first-order chi connectivity index (χ1) is 8.04. The van der Waals surface area contributed by atoms with Crippen molar-refractivity contribution in [2.45, 2.75) is 0 Å². The van der Waals surface area contributed by atoms with Gasteiger partial charge in [-0.15, -0.1) is 0 Å². The Morgan fingerprint density at radius 2 is 2.24 bits per heavy atom. The number of phenols is 1. The van der Waals surface area contributed by atoms with Crippen LogP contribution in [0.2, 0.25) is 0 Å². The molecule has 0 aromatic heterocycles. The molecule has 0 atom stereocenters. The van der Waals surface area contributed by atoms with Crippen LogP contribution >= 0.6 is 0 Å². The molecule has 0 heterocycles. The van der Waals surface area contributed by atoms with E-state index < -0.39 is 11.8 Å². The standard InChI is InChI=1S/C10H11N3O4/c1-17-7-2-3-8(14)6(4-7)5-12-13-10(16)9(11)15/h2-5,14H,1H3,(H2,11,15)(H,13,16)/b12-5+. The van der Waals surface area contributed by atoms with Crippen LogP contribution in [0.4, 0.5) is 0 Å². The number of benzene rings is 1. The Bertz CT molecular complexity index is 471. The molecule has 4 N–H and O–H groups in total. The van der Waals surface area contributed by atoms with E-state index in [-0.39, 0.29) is 5.75 Å². The summed E-state index contributed by atoms with van der Waals surface area (Å²) in [4.78, 5) is 21.1. The summed E-state index contributed by atoms with van der Waals surface area (Å²) in [6, 6.07) is 4.49. The minimum Gasteiger partial charge on any atom is -0.507 e. The van der Waals surface area contributed by atoms with E-state index in [2.05, 4.69) is 5.10 Å². The quantitative estimate of drug-likeness (QED) is 0.367. The molecule has 0 aliphatic rings. The van der Waals surface area contributed by atoms with E-state index in [9.17, 15) is 14.7 Å². The summed E-state index contributed by atoms with van der Waals surface area (Å²) in [5.41, 5.74) is 6.92. The molecule has 17 heavy (non-hydrogen) atoms. The number of nitrogens with two attached hydrogens (primary N) is 1. The molecule has 1 rings (SSSR count). The number of methoxy groups -OCH3 is 1. The van der Waals surface area contributed by atoms with E-state index >= 15 is 0 Å². The fraction of sp³-hybridized carbons (Fsp3) is 0.100. The van der Waals surface area contributed by atoms with Crippen molar-refractivity contribution in [3.8, 4) is 11.5 Å². The first kappa shape index (κ1) is 12.5. The molecule has 0 aliphatic carbocycles. The van der Waals surface area contributed by atoms with Gasteiger partial charge in [-0.25, -0.2) is 5.43 Å². The second-order valence-corrected chi connectivity index (χ2v) is 2.99. The van der Waals surface area contributed by atoms with E-state index in [0.29, 0.717) is 11.3 Å². The van der Waals surface area contributed by atoms with Gasteiger partial charge in [0, 0.05) is 5.56 Å². The number of carbonyl (C=O) groups is 2. The van der Waals surface area contributed by atoms with Gasteiger partial charge in [-0.3, -0.25) is 9.59 Å². The van der Waals surface area contributed by atoms with Crippen LogP contribution in [0.1, 0.15) is 5.56 Å². The van der Waals surface area contributed by atoms with Crippen LogP contribution in [0.3, 0.4) is 0 Å². The van der Waals surface area contributed by atoms with Crippen molar-refractivity contribution in [2.75, 3.05) is 7.11 Å². The normalized spacial score (nSPS) is 10.2. The Morgan fingerprint density at radius 3 is 2.82 bits per heavy atom. The average molecular weight is 237 g/mol. The van der Waals surface area contributed by atoms with Crippen molar-refractivity contribution >= 4 is 18.0 Å². The summed E-state index contributed by atoms with van der Waals surface area (Å²) >= 11 is 0. The Balaban J connectivity index is 2.77. The average Bonchev–Trinajstić information content (AvgIpc) is 2.31. The molecule has 1 aromatic carbocycles. The first-order valence-electron chi connectivity index (χ1n) is 4.54. The van der Waals surface area contributed by atoms with Gasteiger partial charge in [0.05, 0.1) is 13.3 Å². The van der Waals surface area contributed by atoms with Gasteiger partial charge in [0.15, 0.2) is 0 Å². The fourth-order valence-electron chi connectivity index (χ4n) is 0.979. The fourth-order valence-corrected chi connectivity index (χ4v) is 0.979. The van der Waals surface area contributed by atoms with E-state index in [4.69, 9.17) is 10.5 Å². The lowest BCUT2D eigenvalue weighted by molar-refractivity contribution is -0.137. The highest BCUT2D eigenvalue weighted by Gasteiger charge is 2.06. The minimum absolute atomic E-state index is 0.0390. The smallest absolute Gasteiger partial charge is 0.329 e. The summed E-state index contributed by atoms with van der Waals surface area (Å²) in [5, 5.41) is 12.9. The Morgan fingerprint density at radius 1 is 1.53 bits per heavy atom. The number of primary amides is 1. The third kappa shape index (κ3) is 3.49. The number of nitrogens with one attached hydrogen (secondary N) is 1. The number of rotatable bonds is 3. The predicted molar refractivity (Wildman–Crippen MR) is 59.6 cm³/mol. The van der Waals surface area contributed by atoms with Gasteiger partial charge in [0.1, 0.15) is 11.5 Å². The van der Waals surface area contributed by atoms with Crippen molar-refractivity contribution in [1.82, 2.24) is 5.43 Å². The second kappa shape index (κ2) is 5.50. The first-order valence-corrected chi connectivity index (χ1v) is 4.54. The summed E-state index contributed by atoms with van der Waals surface area (Å²) in [6.07, 6.45) is 1.17. The molecule has 0 saturated carbocycles. The molecule has 2 amide bonds. The minimum atomic E-state index is -1.14. The zero-order valence-corrected chi connectivity index (χ0v) is 9.01. The summed E-state index contributed by atoms with van der Waals surface area (Å²) in [7, 11) is 1.47. The molecule has 0 bridgehead atoms. The molecule has 0 radical (unpaired) electrons. The lowest BCUT2D eigenvalue weighted by Gasteiger charge is -2.02. The van der Waals surface area contributed by atoms with Crippen molar-refractivity contribution in [2.24, 2.45) is 10.8 Å². The van der Waals surface area contributed by atoms with Crippen LogP contribution in [0.5, 0.6) is 11.5 Å². The molecule has 0 aliphatic heterocycles. The number of hydrogen-bond acceptors (Lipinski definition) is 5. The highest BCUT2D eigenvalue weighted by Crippen LogP contribution is 2.20.